The van der Waals surface area contributed by atoms with Gasteiger partial charge in [-0.05, 0) is 68.0 Å². The molecule has 1 aromatic carbocycles. The van der Waals surface area contributed by atoms with E-state index in [-0.39, 0.29) is 0 Å². The lowest BCUT2D eigenvalue weighted by Crippen LogP contribution is -2.00. The number of allylic oxidation sites excluding steroid dienone is 4. The average molecular weight is 304 g/mol. The first kappa shape index (κ1) is 18.7. The van der Waals surface area contributed by atoms with Gasteiger partial charge in [-0.25, -0.2) is 0 Å². The Balaban J connectivity index is 4.08. The normalized spacial score (nSPS) is 11.4. The summed E-state index contributed by atoms with van der Waals surface area (Å²) in [4.78, 5) is 0. The van der Waals surface area contributed by atoms with Crippen LogP contribution in [0.15, 0.2) is 43.0 Å². The Kier molecular flexibility index (Phi) is 6.78. The molecule has 0 heterocycles. The molecule has 0 nitrogen and oxygen atoms in total. The molecular formula is C23H28. The Morgan fingerprint density at radius 1 is 0.783 bits per heavy atom. The molecule has 0 aliphatic rings. The number of rotatable bonds is 6. The number of hydrogen-bond donors (Lipinski definition) is 0. The molecule has 23 heavy (non-hydrogen) atoms. The maximum absolute atomic E-state index is 4.05. The van der Waals surface area contributed by atoms with E-state index in [0.717, 1.165) is 16.7 Å². The van der Waals surface area contributed by atoms with E-state index in [1.165, 1.54) is 27.8 Å². The van der Waals surface area contributed by atoms with Crippen LogP contribution in [0.2, 0.25) is 0 Å². The molecule has 1 aromatic rings. The molecule has 0 bridgehead atoms. The average Bonchev–Trinajstić information content (AvgIpc) is 2.51. The molecule has 0 atom stereocenters. The molecule has 120 valence electrons. The number of hydrogen-bond acceptors (Lipinski definition) is 0. The molecule has 0 aliphatic carbocycles. The van der Waals surface area contributed by atoms with Gasteiger partial charge in [-0.1, -0.05) is 73.4 Å². The zero-order valence-electron chi connectivity index (χ0n) is 15.2. The van der Waals surface area contributed by atoms with Gasteiger partial charge in [-0.15, -0.1) is 0 Å². The molecular weight excluding hydrogens is 276 g/mol. The summed E-state index contributed by atoms with van der Waals surface area (Å²) in [7, 11) is 0. The van der Waals surface area contributed by atoms with E-state index >= 15 is 0 Å². The van der Waals surface area contributed by atoms with Crippen molar-refractivity contribution >= 4 is 30.4 Å². The van der Waals surface area contributed by atoms with Gasteiger partial charge >= 0.3 is 0 Å². The molecule has 0 spiro atoms. The van der Waals surface area contributed by atoms with Crippen molar-refractivity contribution < 1.29 is 0 Å². The van der Waals surface area contributed by atoms with Crippen molar-refractivity contribution in [3.05, 3.63) is 76.4 Å². The maximum Gasteiger partial charge on any atom is -0.0100 e. The molecule has 0 aliphatic heterocycles. The van der Waals surface area contributed by atoms with E-state index in [2.05, 4.69) is 71.7 Å². The molecule has 0 radical (unpaired) electrons. The Morgan fingerprint density at radius 2 is 1.35 bits per heavy atom. The molecule has 0 fully saturated rings. The zero-order chi connectivity index (χ0) is 17.6. The summed E-state index contributed by atoms with van der Waals surface area (Å²) in [5.74, 6) is 0. The smallest absolute Gasteiger partial charge is 0.0100 e. The van der Waals surface area contributed by atoms with Crippen molar-refractivity contribution in [2.75, 3.05) is 0 Å². The third-order valence-electron chi connectivity index (χ3n) is 3.84. The maximum atomic E-state index is 4.05. The van der Waals surface area contributed by atoms with Crippen LogP contribution in [0.5, 0.6) is 0 Å². The minimum absolute atomic E-state index is 1.14. The van der Waals surface area contributed by atoms with E-state index < -0.39 is 0 Å². The minimum Gasteiger partial charge on any atom is -0.0988 e. The fourth-order valence-corrected chi connectivity index (χ4v) is 2.72. The van der Waals surface area contributed by atoms with Gasteiger partial charge in [0.1, 0.15) is 0 Å². The highest BCUT2D eigenvalue weighted by atomic mass is 14.2. The van der Waals surface area contributed by atoms with Crippen molar-refractivity contribution in [3.8, 4) is 0 Å². The van der Waals surface area contributed by atoms with Crippen LogP contribution < -0.4 is 0 Å². The highest BCUT2D eigenvalue weighted by Crippen LogP contribution is 2.34. The largest absolute Gasteiger partial charge is 0.0988 e. The van der Waals surface area contributed by atoms with Gasteiger partial charge in [0.15, 0.2) is 0 Å². The quantitative estimate of drug-likeness (QED) is 0.483. The van der Waals surface area contributed by atoms with Crippen LogP contribution in [-0.4, -0.2) is 0 Å². The second kappa shape index (κ2) is 8.33. The van der Waals surface area contributed by atoms with Crippen LogP contribution in [0.3, 0.4) is 0 Å². The van der Waals surface area contributed by atoms with Crippen LogP contribution in [0.1, 0.15) is 61.1 Å². The predicted octanol–water partition coefficient (Wildman–Crippen LogP) is 7.33. The SMILES string of the molecule is C=C/C(C)=C\c1c(C)c(/C=C\C)c(C=C)c(C=C(C)C)c1C=C. The number of benzene rings is 1. The van der Waals surface area contributed by atoms with E-state index in [0.29, 0.717) is 0 Å². The Morgan fingerprint density at radius 3 is 1.78 bits per heavy atom. The predicted molar refractivity (Wildman–Crippen MR) is 109 cm³/mol. The van der Waals surface area contributed by atoms with Crippen LogP contribution >= 0.6 is 0 Å². The third-order valence-corrected chi connectivity index (χ3v) is 3.84. The second-order valence-electron chi connectivity index (χ2n) is 5.92. The van der Waals surface area contributed by atoms with Crippen LogP contribution in [0, 0.1) is 6.92 Å². The van der Waals surface area contributed by atoms with Crippen molar-refractivity contribution in [2.45, 2.75) is 34.6 Å². The van der Waals surface area contributed by atoms with Gasteiger partial charge in [0.25, 0.3) is 0 Å². The Labute approximate surface area is 141 Å². The lowest BCUT2D eigenvalue weighted by atomic mass is 9.85. The topological polar surface area (TPSA) is 0 Å². The lowest BCUT2D eigenvalue weighted by molar-refractivity contribution is 1.35. The van der Waals surface area contributed by atoms with Gasteiger partial charge in [-0.3, -0.25) is 0 Å². The molecule has 0 aromatic heterocycles. The van der Waals surface area contributed by atoms with Gasteiger partial charge in [0.05, 0.1) is 0 Å². The van der Waals surface area contributed by atoms with E-state index in [1.807, 2.05) is 25.2 Å². The summed E-state index contributed by atoms with van der Waals surface area (Å²) in [6.45, 7) is 22.4. The van der Waals surface area contributed by atoms with Gasteiger partial charge in [0.2, 0.25) is 0 Å². The molecule has 0 amide bonds. The molecule has 0 heteroatoms. The van der Waals surface area contributed by atoms with Gasteiger partial charge in [0, 0.05) is 0 Å². The summed E-state index contributed by atoms with van der Waals surface area (Å²) in [5, 5.41) is 0. The summed E-state index contributed by atoms with van der Waals surface area (Å²) in [6.07, 6.45) is 14.4. The first-order chi connectivity index (χ1) is 10.9. The van der Waals surface area contributed by atoms with Crippen molar-refractivity contribution in [3.63, 3.8) is 0 Å². The van der Waals surface area contributed by atoms with Crippen LogP contribution in [-0.2, 0) is 0 Å². The molecule has 0 unspecified atom stereocenters. The van der Waals surface area contributed by atoms with Crippen molar-refractivity contribution in [1.82, 2.24) is 0 Å². The van der Waals surface area contributed by atoms with Crippen LogP contribution in [0.4, 0.5) is 0 Å². The Hall–Kier alpha value is -2.34. The highest BCUT2D eigenvalue weighted by molar-refractivity contribution is 5.87. The fraction of sp³-hybridized carbons (Fsp3) is 0.217. The first-order valence-electron chi connectivity index (χ1n) is 7.94. The highest BCUT2D eigenvalue weighted by Gasteiger charge is 2.15. The van der Waals surface area contributed by atoms with Crippen LogP contribution in [0.25, 0.3) is 30.4 Å². The lowest BCUT2D eigenvalue weighted by Gasteiger charge is -2.19. The zero-order valence-corrected chi connectivity index (χ0v) is 15.2. The standard InChI is InChI=1S/C23H28/c1-9-13-21-18(8)22(15-17(7)10-2)20(12-4)23(14-16(5)6)19(21)11-3/h9-15H,2-4H2,1,5-8H3/b13-9-,17-15-. The van der Waals surface area contributed by atoms with Crippen molar-refractivity contribution in [2.24, 2.45) is 0 Å². The first-order valence-corrected chi connectivity index (χ1v) is 7.94. The third kappa shape index (κ3) is 4.10. The van der Waals surface area contributed by atoms with Crippen molar-refractivity contribution in [1.29, 1.82) is 0 Å². The Bertz CT molecular complexity index is 715. The summed E-state index contributed by atoms with van der Waals surface area (Å²) >= 11 is 0. The van der Waals surface area contributed by atoms with E-state index in [9.17, 15) is 0 Å². The van der Waals surface area contributed by atoms with Gasteiger partial charge < -0.3 is 0 Å². The second-order valence-corrected chi connectivity index (χ2v) is 5.92. The van der Waals surface area contributed by atoms with E-state index in [4.69, 9.17) is 0 Å². The molecule has 0 saturated carbocycles. The monoisotopic (exact) mass is 304 g/mol. The summed E-state index contributed by atoms with van der Waals surface area (Å²) in [6, 6.07) is 0. The molecule has 0 N–H and O–H groups in total. The molecule has 0 saturated heterocycles. The molecule has 1 rings (SSSR count). The summed E-state index contributed by atoms with van der Waals surface area (Å²) in [5.41, 5.74) is 9.52. The van der Waals surface area contributed by atoms with Gasteiger partial charge in [-0.2, -0.15) is 0 Å². The minimum atomic E-state index is 1.14. The summed E-state index contributed by atoms with van der Waals surface area (Å²) < 4.78 is 0. The fourth-order valence-electron chi connectivity index (χ4n) is 2.72. The van der Waals surface area contributed by atoms with E-state index in [1.54, 1.807) is 0 Å².